The fourth-order valence-corrected chi connectivity index (χ4v) is 2.78. The van der Waals surface area contributed by atoms with Gasteiger partial charge in [0.1, 0.15) is 5.82 Å². The Balaban J connectivity index is 2.16. The SMILES string of the molecule is CCNCc1cccc(N(Cc2cccs2)C(C)C)n1. The zero-order valence-corrected chi connectivity index (χ0v) is 13.3. The summed E-state index contributed by atoms with van der Waals surface area (Å²) in [6.07, 6.45) is 0. The van der Waals surface area contributed by atoms with E-state index in [0.29, 0.717) is 6.04 Å². The number of pyridine rings is 1. The Morgan fingerprint density at radius 1 is 1.25 bits per heavy atom. The number of anilines is 1. The quantitative estimate of drug-likeness (QED) is 0.843. The van der Waals surface area contributed by atoms with Crippen LogP contribution in [0.5, 0.6) is 0 Å². The minimum atomic E-state index is 0.430. The molecule has 0 aliphatic rings. The van der Waals surface area contributed by atoms with E-state index in [4.69, 9.17) is 4.98 Å². The van der Waals surface area contributed by atoms with Gasteiger partial charge in [0.2, 0.25) is 0 Å². The van der Waals surface area contributed by atoms with Crippen molar-refractivity contribution in [1.82, 2.24) is 10.3 Å². The summed E-state index contributed by atoms with van der Waals surface area (Å²) in [6, 6.07) is 11.0. The third-order valence-corrected chi connectivity index (χ3v) is 4.03. The maximum absolute atomic E-state index is 4.78. The Hall–Kier alpha value is -1.39. The standard InChI is InChI=1S/C16H23N3S/c1-4-17-11-14-7-5-9-16(18-14)19(13(2)3)12-15-8-6-10-20-15/h5-10,13,17H,4,11-12H2,1-3H3. The summed E-state index contributed by atoms with van der Waals surface area (Å²) in [7, 11) is 0. The Morgan fingerprint density at radius 2 is 2.10 bits per heavy atom. The minimum Gasteiger partial charge on any atom is -0.349 e. The summed E-state index contributed by atoms with van der Waals surface area (Å²) < 4.78 is 0. The Kier molecular flexibility index (Phi) is 5.56. The van der Waals surface area contributed by atoms with Crippen LogP contribution in [0.3, 0.4) is 0 Å². The maximum atomic E-state index is 4.78. The molecule has 20 heavy (non-hydrogen) atoms. The van der Waals surface area contributed by atoms with Crippen molar-refractivity contribution in [2.75, 3.05) is 11.4 Å². The molecule has 2 aromatic heterocycles. The predicted octanol–water partition coefficient (Wildman–Crippen LogP) is 3.67. The Labute approximate surface area is 125 Å². The van der Waals surface area contributed by atoms with Gasteiger partial charge >= 0.3 is 0 Å². The summed E-state index contributed by atoms with van der Waals surface area (Å²) >= 11 is 1.80. The first kappa shape index (κ1) is 15.0. The second kappa shape index (κ2) is 7.41. The molecule has 0 atom stereocenters. The molecule has 0 saturated heterocycles. The number of aromatic nitrogens is 1. The average Bonchev–Trinajstić information content (AvgIpc) is 2.95. The zero-order valence-electron chi connectivity index (χ0n) is 12.5. The molecule has 0 amide bonds. The lowest BCUT2D eigenvalue weighted by atomic mass is 10.2. The summed E-state index contributed by atoms with van der Waals surface area (Å²) in [5.41, 5.74) is 1.10. The second-order valence-electron chi connectivity index (χ2n) is 5.07. The van der Waals surface area contributed by atoms with Crippen molar-refractivity contribution in [3.05, 3.63) is 46.3 Å². The van der Waals surface area contributed by atoms with Crippen molar-refractivity contribution in [3.8, 4) is 0 Å². The normalized spacial score (nSPS) is 11.0. The highest BCUT2D eigenvalue weighted by Crippen LogP contribution is 2.20. The van der Waals surface area contributed by atoms with Gasteiger partial charge in [0.05, 0.1) is 12.2 Å². The maximum Gasteiger partial charge on any atom is 0.129 e. The van der Waals surface area contributed by atoms with Crippen LogP contribution >= 0.6 is 11.3 Å². The van der Waals surface area contributed by atoms with Gasteiger partial charge in [0, 0.05) is 17.5 Å². The van der Waals surface area contributed by atoms with E-state index in [9.17, 15) is 0 Å². The zero-order chi connectivity index (χ0) is 14.4. The van der Waals surface area contributed by atoms with E-state index in [1.54, 1.807) is 11.3 Å². The summed E-state index contributed by atoms with van der Waals surface area (Å²) in [6.45, 7) is 9.26. The van der Waals surface area contributed by atoms with E-state index >= 15 is 0 Å². The molecule has 4 heteroatoms. The van der Waals surface area contributed by atoms with Gasteiger partial charge in [-0.05, 0) is 44.0 Å². The fourth-order valence-electron chi connectivity index (χ4n) is 2.08. The number of hydrogen-bond donors (Lipinski definition) is 1. The van der Waals surface area contributed by atoms with Crippen LogP contribution in [0.4, 0.5) is 5.82 Å². The van der Waals surface area contributed by atoms with Crippen LogP contribution < -0.4 is 10.2 Å². The van der Waals surface area contributed by atoms with Crippen LogP contribution in [0.1, 0.15) is 31.3 Å². The minimum absolute atomic E-state index is 0.430. The van der Waals surface area contributed by atoms with Gasteiger partial charge in [0.15, 0.2) is 0 Å². The van der Waals surface area contributed by atoms with Gasteiger partial charge in [-0.15, -0.1) is 11.3 Å². The van der Waals surface area contributed by atoms with E-state index in [2.05, 4.69) is 66.7 Å². The third-order valence-electron chi connectivity index (χ3n) is 3.17. The first-order valence-corrected chi connectivity index (χ1v) is 8.04. The van der Waals surface area contributed by atoms with Crippen molar-refractivity contribution >= 4 is 17.2 Å². The number of rotatable bonds is 7. The van der Waals surface area contributed by atoms with E-state index in [-0.39, 0.29) is 0 Å². The van der Waals surface area contributed by atoms with Crippen LogP contribution in [0.2, 0.25) is 0 Å². The average molecular weight is 289 g/mol. The number of nitrogens with zero attached hydrogens (tertiary/aromatic N) is 2. The third kappa shape index (κ3) is 4.05. The fraction of sp³-hybridized carbons (Fsp3) is 0.438. The van der Waals surface area contributed by atoms with Gasteiger partial charge in [-0.3, -0.25) is 0 Å². The first-order valence-electron chi connectivity index (χ1n) is 7.16. The van der Waals surface area contributed by atoms with E-state index in [1.165, 1.54) is 4.88 Å². The molecule has 108 valence electrons. The lowest BCUT2D eigenvalue weighted by molar-refractivity contribution is 0.666. The number of thiophene rings is 1. The largest absolute Gasteiger partial charge is 0.349 e. The lowest BCUT2D eigenvalue weighted by Gasteiger charge is -2.27. The van der Waals surface area contributed by atoms with Crippen LogP contribution in [0, 0.1) is 0 Å². The molecule has 0 fully saturated rings. The van der Waals surface area contributed by atoms with Crippen LogP contribution in [-0.4, -0.2) is 17.6 Å². The number of nitrogens with one attached hydrogen (secondary N) is 1. The van der Waals surface area contributed by atoms with Crippen LogP contribution in [0.25, 0.3) is 0 Å². The molecule has 0 bridgehead atoms. The summed E-state index contributed by atoms with van der Waals surface area (Å²) in [4.78, 5) is 8.50. The van der Waals surface area contributed by atoms with E-state index in [1.807, 2.05) is 0 Å². The highest BCUT2D eigenvalue weighted by Gasteiger charge is 2.13. The van der Waals surface area contributed by atoms with Gasteiger partial charge < -0.3 is 10.2 Å². The van der Waals surface area contributed by atoms with Gasteiger partial charge in [-0.25, -0.2) is 4.98 Å². The van der Waals surface area contributed by atoms with E-state index in [0.717, 1.165) is 31.1 Å². The molecule has 0 aliphatic carbocycles. The number of hydrogen-bond acceptors (Lipinski definition) is 4. The van der Waals surface area contributed by atoms with Crippen molar-refractivity contribution in [1.29, 1.82) is 0 Å². The molecule has 0 aliphatic heterocycles. The van der Waals surface area contributed by atoms with E-state index < -0.39 is 0 Å². The molecule has 2 heterocycles. The summed E-state index contributed by atoms with van der Waals surface area (Å²) in [5.74, 6) is 1.06. The molecule has 2 rings (SSSR count). The van der Waals surface area contributed by atoms with Crippen molar-refractivity contribution < 1.29 is 0 Å². The Morgan fingerprint density at radius 3 is 2.75 bits per heavy atom. The predicted molar refractivity (Wildman–Crippen MR) is 87.3 cm³/mol. The van der Waals surface area contributed by atoms with Crippen molar-refractivity contribution in [2.45, 2.75) is 39.9 Å². The monoisotopic (exact) mass is 289 g/mol. The second-order valence-corrected chi connectivity index (χ2v) is 6.10. The molecule has 0 spiro atoms. The highest BCUT2D eigenvalue weighted by molar-refractivity contribution is 7.09. The van der Waals surface area contributed by atoms with Crippen molar-refractivity contribution in [3.63, 3.8) is 0 Å². The lowest BCUT2D eigenvalue weighted by Crippen LogP contribution is -2.31. The highest BCUT2D eigenvalue weighted by atomic mass is 32.1. The Bertz CT molecular complexity index is 508. The molecule has 0 unspecified atom stereocenters. The molecule has 0 saturated carbocycles. The van der Waals surface area contributed by atoms with Gasteiger partial charge in [-0.1, -0.05) is 19.1 Å². The smallest absolute Gasteiger partial charge is 0.129 e. The molecular formula is C16H23N3S. The molecule has 2 aromatic rings. The molecule has 0 radical (unpaired) electrons. The van der Waals surface area contributed by atoms with Crippen LogP contribution in [-0.2, 0) is 13.1 Å². The van der Waals surface area contributed by atoms with Gasteiger partial charge in [-0.2, -0.15) is 0 Å². The molecule has 1 N–H and O–H groups in total. The summed E-state index contributed by atoms with van der Waals surface area (Å²) in [5, 5.41) is 5.45. The first-order chi connectivity index (χ1) is 9.70. The van der Waals surface area contributed by atoms with Crippen LogP contribution in [0.15, 0.2) is 35.7 Å². The van der Waals surface area contributed by atoms with Gasteiger partial charge in [0.25, 0.3) is 0 Å². The molecule has 0 aromatic carbocycles. The topological polar surface area (TPSA) is 28.2 Å². The van der Waals surface area contributed by atoms with Crippen molar-refractivity contribution in [2.24, 2.45) is 0 Å². The molecule has 3 nitrogen and oxygen atoms in total. The molecular weight excluding hydrogens is 266 g/mol.